The fourth-order valence-electron chi connectivity index (χ4n) is 2.83. The van der Waals surface area contributed by atoms with Crippen LogP contribution in [0, 0.1) is 6.92 Å². The van der Waals surface area contributed by atoms with Crippen LogP contribution in [0.4, 0.5) is 0 Å². The van der Waals surface area contributed by atoms with Crippen LogP contribution >= 0.6 is 11.6 Å². The van der Waals surface area contributed by atoms with E-state index in [0.29, 0.717) is 29.7 Å². The molecule has 0 N–H and O–H groups in total. The van der Waals surface area contributed by atoms with Crippen molar-refractivity contribution in [2.24, 2.45) is 7.05 Å². The van der Waals surface area contributed by atoms with Gasteiger partial charge in [-0.05, 0) is 19.1 Å². The van der Waals surface area contributed by atoms with E-state index < -0.39 is 0 Å². The van der Waals surface area contributed by atoms with Gasteiger partial charge in [0.1, 0.15) is 11.8 Å². The van der Waals surface area contributed by atoms with Crippen LogP contribution in [0.3, 0.4) is 0 Å². The second-order valence-electron chi connectivity index (χ2n) is 5.89. The van der Waals surface area contributed by atoms with Gasteiger partial charge >= 0.3 is 0 Å². The van der Waals surface area contributed by atoms with Crippen molar-refractivity contribution in [3.05, 3.63) is 46.9 Å². The number of likely N-dealkylation sites (tertiary alicyclic amines) is 1. The summed E-state index contributed by atoms with van der Waals surface area (Å²) in [6, 6.07) is 5.60. The molecule has 1 aliphatic heterocycles. The Morgan fingerprint density at radius 1 is 1.39 bits per heavy atom. The lowest BCUT2D eigenvalue weighted by atomic mass is 10.1. The molecule has 1 saturated heterocycles. The van der Waals surface area contributed by atoms with Gasteiger partial charge < -0.3 is 14.2 Å². The first-order chi connectivity index (χ1) is 11.0. The fourth-order valence-corrected chi connectivity index (χ4v) is 3.08. The molecule has 0 bridgehead atoms. The summed E-state index contributed by atoms with van der Waals surface area (Å²) >= 11 is 5.96. The maximum Gasteiger partial charge on any atom is 0.270 e. The number of carbonyl (C=O) groups excluding carboxylic acids is 1. The van der Waals surface area contributed by atoms with Gasteiger partial charge in [0, 0.05) is 50.9 Å². The van der Waals surface area contributed by atoms with E-state index in [0.717, 1.165) is 18.4 Å². The van der Waals surface area contributed by atoms with Crippen LogP contribution in [-0.4, -0.2) is 39.6 Å². The molecule has 6 heteroatoms. The first-order valence-corrected chi connectivity index (χ1v) is 8.12. The average Bonchev–Trinajstić information content (AvgIpc) is 2.88. The summed E-state index contributed by atoms with van der Waals surface area (Å²) in [5.41, 5.74) is 1.65. The van der Waals surface area contributed by atoms with Crippen molar-refractivity contribution in [3.8, 4) is 5.88 Å². The molecule has 3 heterocycles. The smallest absolute Gasteiger partial charge is 0.270 e. The van der Waals surface area contributed by atoms with E-state index in [-0.39, 0.29) is 12.0 Å². The molecule has 0 spiro atoms. The summed E-state index contributed by atoms with van der Waals surface area (Å²) in [7, 11) is 1.83. The van der Waals surface area contributed by atoms with Crippen LogP contribution in [0.5, 0.6) is 5.88 Å². The molecular formula is C17H20ClN3O2. The van der Waals surface area contributed by atoms with Crippen LogP contribution in [0.15, 0.2) is 30.6 Å². The number of aromatic nitrogens is 2. The van der Waals surface area contributed by atoms with Crippen LogP contribution in [-0.2, 0) is 7.05 Å². The van der Waals surface area contributed by atoms with Gasteiger partial charge in [-0.2, -0.15) is 0 Å². The number of hydrogen-bond acceptors (Lipinski definition) is 3. The minimum Gasteiger partial charge on any atom is -0.474 e. The largest absolute Gasteiger partial charge is 0.474 e. The first-order valence-electron chi connectivity index (χ1n) is 7.74. The Hall–Kier alpha value is -2.01. The van der Waals surface area contributed by atoms with Crippen molar-refractivity contribution in [1.82, 2.24) is 14.5 Å². The van der Waals surface area contributed by atoms with Gasteiger partial charge in [0.2, 0.25) is 5.88 Å². The van der Waals surface area contributed by atoms with E-state index >= 15 is 0 Å². The highest BCUT2D eigenvalue weighted by Crippen LogP contribution is 2.22. The first kappa shape index (κ1) is 15.9. The van der Waals surface area contributed by atoms with E-state index in [4.69, 9.17) is 16.3 Å². The number of ether oxygens (including phenoxy) is 1. The lowest BCUT2D eigenvalue weighted by Crippen LogP contribution is -2.42. The third kappa shape index (κ3) is 3.50. The average molecular weight is 334 g/mol. The number of rotatable bonds is 3. The number of carbonyl (C=O) groups is 1. The minimum absolute atomic E-state index is 0.0202. The van der Waals surface area contributed by atoms with E-state index in [1.807, 2.05) is 31.0 Å². The Balaban J connectivity index is 1.59. The Labute approximate surface area is 140 Å². The topological polar surface area (TPSA) is 47.4 Å². The van der Waals surface area contributed by atoms with Crippen molar-refractivity contribution in [2.75, 3.05) is 13.1 Å². The zero-order valence-electron chi connectivity index (χ0n) is 13.3. The van der Waals surface area contributed by atoms with Gasteiger partial charge in [0.05, 0.1) is 5.02 Å². The normalized spacial score (nSPS) is 15.7. The summed E-state index contributed by atoms with van der Waals surface area (Å²) in [5.74, 6) is 0.707. The number of aryl methyl sites for hydroxylation is 2. The molecule has 122 valence electrons. The van der Waals surface area contributed by atoms with Crippen LogP contribution in [0.2, 0.25) is 5.02 Å². The number of nitrogens with zero attached hydrogens (tertiary/aromatic N) is 3. The predicted octanol–water partition coefficient (Wildman–Crippen LogP) is 3.07. The number of halogens is 1. The van der Waals surface area contributed by atoms with E-state index in [2.05, 4.69) is 4.98 Å². The van der Waals surface area contributed by atoms with Gasteiger partial charge in [-0.25, -0.2) is 4.98 Å². The summed E-state index contributed by atoms with van der Waals surface area (Å²) in [5, 5.41) is 0.583. The molecule has 0 aromatic carbocycles. The molecule has 0 saturated carbocycles. The van der Waals surface area contributed by atoms with Crippen molar-refractivity contribution < 1.29 is 9.53 Å². The third-order valence-electron chi connectivity index (χ3n) is 4.16. The zero-order chi connectivity index (χ0) is 16.4. The van der Waals surface area contributed by atoms with Crippen molar-refractivity contribution in [1.29, 1.82) is 0 Å². The Morgan fingerprint density at radius 2 is 2.13 bits per heavy atom. The maximum atomic E-state index is 12.5. The van der Waals surface area contributed by atoms with E-state index in [9.17, 15) is 4.79 Å². The molecule has 1 amide bonds. The molecular weight excluding hydrogens is 314 g/mol. The molecule has 0 unspecified atom stereocenters. The molecule has 23 heavy (non-hydrogen) atoms. The number of amides is 1. The lowest BCUT2D eigenvalue weighted by molar-refractivity contribution is 0.0578. The summed E-state index contributed by atoms with van der Waals surface area (Å²) in [6.07, 6.45) is 5.19. The third-order valence-corrected chi connectivity index (χ3v) is 4.37. The highest BCUT2D eigenvalue weighted by Gasteiger charge is 2.26. The molecule has 1 aliphatic rings. The molecule has 0 aliphatic carbocycles. The molecule has 2 aromatic rings. The fraction of sp³-hybridized carbons (Fsp3) is 0.412. The molecule has 2 aromatic heterocycles. The molecule has 0 radical (unpaired) electrons. The van der Waals surface area contributed by atoms with Gasteiger partial charge in [0.15, 0.2) is 0 Å². The predicted molar refractivity (Wildman–Crippen MR) is 89.0 cm³/mol. The number of piperidine rings is 1. The van der Waals surface area contributed by atoms with Gasteiger partial charge in [-0.3, -0.25) is 4.79 Å². The second-order valence-corrected chi connectivity index (χ2v) is 6.33. The molecule has 1 fully saturated rings. The van der Waals surface area contributed by atoms with Crippen LogP contribution in [0.1, 0.15) is 28.9 Å². The summed E-state index contributed by atoms with van der Waals surface area (Å²) < 4.78 is 7.74. The van der Waals surface area contributed by atoms with Crippen molar-refractivity contribution >= 4 is 17.5 Å². The zero-order valence-corrected chi connectivity index (χ0v) is 14.1. The summed E-state index contributed by atoms with van der Waals surface area (Å²) in [4.78, 5) is 18.7. The maximum absolute atomic E-state index is 12.5. The van der Waals surface area contributed by atoms with Crippen LogP contribution in [0.25, 0.3) is 0 Å². The Morgan fingerprint density at radius 3 is 2.74 bits per heavy atom. The summed E-state index contributed by atoms with van der Waals surface area (Å²) in [6.45, 7) is 3.34. The highest BCUT2D eigenvalue weighted by atomic mass is 35.5. The quantitative estimate of drug-likeness (QED) is 0.867. The van der Waals surface area contributed by atoms with Gasteiger partial charge in [-0.1, -0.05) is 17.7 Å². The standard InChI is InChI=1S/C17H20ClN3O2/c1-12-4-3-7-19-16(12)23-14-5-8-21(9-6-14)17(22)15-10-13(18)11-20(15)2/h3-4,7,10-11,14H,5-6,8-9H2,1-2H3. The van der Waals surface area contributed by atoms with Crippen LogP contribution < -0.4 is 4.74 Å². The number of hydrogen-bond donors (Lipinski definition) is 0. The van der Waals surface area contributed by atoms with Gasteiger partial charge in [0.25, 0.3) is 5.91 Å². The molecule has 3 rings (SSSR count). The van der Waals surface area contributed by atoms with Crippen molar-refractivity contribution in [3.63, 3.8) is 0 Å². The van der Waals surface area contributed by atoms with E-state index in [1.165, 1.54) is 0 Å². The Bertz CT molecular complexity index is 706. The monoisotopic (exact) mass is 333 g/mol. The van der Waals surface area contributed by atoms with E-state index in [1.54, 1.807) is 23.0 Å². The highest BCUT2D eigenvalue weighted by molar-refractivity contribution is 6.31. The molecule has 0 atom stereocenters. The second kappa shape index (κ2) is 6.62. The van der Waals surface area contributed by atoms with Gasteiger partial charge in [-0.15, -0.1) is 0 Å². The molecule has 5 nitrogen and oxygen atoms in total. The Kier molecular flexibility index (Phi) is 4.57. The lowest BCUT2D eigenvalue weighted by Gasteiger charge is -2.32. The SMILES string of the molecule is Cc1cccnc1OC1CCN(C(=O)c2cc(Cl)cn2C)CC1. The minimum atomic E-state index is 0.0202. The number of pyridine rings is 1. The van der Waals surface area contributed by atoms with Crippen molar-refractivity contribution in [2.45, 2.75) is 25.9 Å².